The van der Waals surface area contributed by atoms with E-state index < -0.39 is 0 Å². The van der Waals surface area contributed by atoms with Gasteiger partial charge < -0.3 is 10.1 Å². The van der Waals surface area contributed by atoms with Gasteiger partial charge in [0.15, 0.2) is 11.6 Å². The fraction of sp³-hybridized carbons (Fsp3) is 0.111. The number of nitrogens with one attached hydrogen (secondary N) is 1. The topological polar surface area (TPSA) is 81.4 Å². The molecule has 0 atom stereocenters. The Bertz CT molecular complexity index is 1480. The molecule has 0 unspecified atom stereocenters. The fourth-order valence-corrected chi connectivity index (χ4v) is 3.96. The minimum Gasteiger partial charge on any atom is -0.465 e. The molecule has 34 heavy (non-hydrogen) atoms. The van der Waals surface area contributed by atoms with E-state index >= 15 is 0 Å². The molecular formula is C27H23N5O2. The highest BCUT2D eigenvalue weighted by Gasteiger charge is 2.17. The van der Waals surface area contributed by atoms with Crippen LogP contribution < -0.4 is 5.32 Å². The van der Waals surface area contributed by atoms with E-state index in [2.05, 4.69) is 22.4 Å². The largest absolute Gasteiger partial charge is 0.465 e. The van der Waals surface area contributed by atoms with Crippen molar-refractivity contribution in [1.29, 1.82) is 0 Å². The molecule has 0 bridgehead atoms. The highest BCUT2D eigenvalue weighted by molar-refractivity contribution is 5.91. The first-order valence-corrected chi connectivity index (χ1v) is 10.9. The SMILES string of the molecule is COC(=O)c1ccccc1CNc1nc(-c2cncc(C)c2)nn2ccc(-c3ccccc3)c12. The molecule has 0 aliphatic rings. The Morgan fingerprint density at radius 2 is 1.79 bits per heavy atom. The second-order valence-corrected chi connectivity index (χ2v) is 7.93. The molecule has 5 aromatic rings. The van der Waals surface area contributed by atoms with Crippen molar-refractivity contribution in [3.05, 3.63) is 102 Å². The number of pyridine rings is 1. The molecule has 1 N–H and O–H groups in total. The molecular weight excluding hydrogens is 426 g/mol. The van der Waals surface area contributed by atoms with Crippen LogP contribution >= 0.6 is 0 Å². The van der Waals surface area contributed by atoms with E-state index in [0.29, 0.717) is 23.8 Å². The summed E-state index contributed by atoms with van der Waals surface area (Å²) >= 11 is 0. The van der Waals surface area contributed by atoms with Crippen molar-refractivity contribution in [3.63, 3.8) is 0 Å². The fourth-order valence-electron chi connectivity index (χ4n) is 3.96. The molecule has 5 rings (SSSR count). The minimum absolute atomic E-state index is 0.371. The lowest BCUT2D eigenvalue weighted by atomic mass is 10.1. The molecule has 2 aromatic carbocycles. The van der Waals surface area contributed by atoms with Crippen LogP contribution in [0.15, 0.2) is 85.3 Å². The number of nitrogens with zero attached hydrogens (tertiary/aromatic N) is 4. The molecule has 0 amide bonds. The van der Waals surface area contributed by atoms with E-state index in [1.807, 2.05) is 66.2 Å². The van der Waals surface area contributed by atoms with Crippen LogP contribution in [-0.4, -0.2) is 32.7 Å². The summed E-state index contributed by atoms with van der Waals surface area (Å²) < 4.78 is 6.78. The average Bonchev–Trinajstić information content (AvgIpc) is 3.32. The van der Waals surface area contributed by atoms with Crippen LogP contribution in [0.25, 0.3) is 28.0 Å². The Morgan fingerprint density at radius 1 is 1.00 bits per heavy atom. The van der Waals surface area contributed by atoms with Gasteiger partial charge in [0.25, 0.3) is 0 Å². The number of aromatic nitrogens is 4. The Kier molecular flexibility index (Phi) is 5.74. The highest BCUT2D eigenvalue weighted by Crippen LogP contribution is 2.31. The summed E-state index contributed by atoms with van der Waals surface area (Å²) in [6.45, 7) is 2.38. The summed E-state index contributed by atoms with van der Waals surface area (Å²) in [5.41, 5.74) is 6.12. The van der Waals surface area contributed by atoms with Gasteiger partial charge in [0.1, 0.15) is 5.52 Å². The molecule has 0 spiro atoms. The Morgan fingerprint density at radius 3 is 2.59 bits per heavy atom. The number of fused-ring (bicyclic) bond motifs is 1. The summed E-state index contributed by atoms with van der Waals surface area (Å²) in [6, 6.07) is 21.5. The van der Waals surface area contributed by atoms with Gasteiger partial charge in [-0.3, -0.25) is 4.98 Å². The lowest BCUT2D eigenvalue weighted by molar-refractivity contribution is 0.0599. The molecule has 0 radical (unpaired) electrons. The van der Waals surface area contributed by atoms with E-state index in [9.17, 15) is 4.79 Å². The first-order valence-electron chi connectivity index (χ1n) is 10.9. The third kappa shape index (κ3) is 4.11. The summed E-state index contributed by atoms with van der Waals surface area (Å²) in [6.07, 6.45) is 5.49. The van der Waals surface area contributed by atoms with Gasteiger partial charge in [-0.1, -0.05) is 48.5 Å². The van der Waals surface area contributed by atoms with Crippen LogP contribution in [0.4, 0.5) is 5.82 Å². The van der Waals surface area contributed by atoms with Crippen molar-refractivity contribution in [3.8, 4) is 22.5 Å². The van der Waals surface area contributed by atoms with E-state index in [0.717, 1.165) is 33.3 Å². The number of esters is 1. The van der Waals surface area contributed by atoms with Gasteiger partial charge in [0.2, 0.25) is 0 Å². The van der Waals surface area contributed by atoms with Gasteiger partial charge in [0, 0.05) is 36.3 Å². The first-order chi connectivity index (χ1) is 16.6. The van der Waals surface area contributed by atoms with Gasteiger partial charge in [0.05, 0.1) is 12.7 Å². The summed E-state index contributed by atoms with van der Waals surface area (Å²) in [5, 5.41) is 8.20. The van der Waals surface area contributed by atoms with Crippen molar-refractivity contribution in [2.45, 2.75) is 13.5 Å². The van der Waals surface area contributed by atoms with E-state index in [4.69, 9.17) is 14.8 Å². The van der Waals surface area contributed by atoms with Crippen molar-refractivity contribution in [1.82, 2.24) is 19.6 Å². The van der Waals surface area contributed by atoms with E-state index in [1.165, 1.54) is 7.11 Å². The molecule has 168 valence electrons. The van der Waals surface area contributed by atoms with Crippen LogP contribution in [0, 0.1) is 6.92 Å². The predicted octanol–water partition coefficient (Wildman–Crippen LogP) is 5.17. The normalized spacial score (nSPS) is 10.9. The van der Waals surface area contributed by atoms with Crippen LogP contribution in [0.2, 0.25) is 0 Å². The van der Waals surface area contributed by atoms with Crippen molar-refractivity contribution >= 4 is 17.3 Å². The average molecular weight is 450 g/mol. The maximum absolute atomic E-state index is 12.2. The quantitative estimate of drug-likeness (QED) is 0.361. The molecule has 3 heterocycles. The van der Waals surface area contributed by atoms with E-state index in [-0.39, 0.29) is 5.97 Å². The van der Waals surface area contributed by atoms with Crippen LogP contribution in [0.1, 0.15) is 21.5 Å². The number of carbonyl (C=O) groups excluding carboxylic acids is 1. The smallest absolute Gasteiger partial charge is 0.338 e. The number of aryl methyl sites for hydroxylation is 1. The Hall–Kier alpha value is -4.52. The van der Waals surface area contributed by atoms with Gasteiger partial charge in [-0.15, -0.1) is 5.10 Å². The Labute approximate surface area is 197 Å². The molecule has 0 aliphatic heterocycles. The van der Waals surface area contributed by atoms with Gasteiger partial charge in [-0.25, -0.2) is 14.3 Å². The van der Waals surface area contributed by atoms with Crippen molar-refractivity contribution in [2.24, 2.45) is 0 Å². The minimum atomic E-state index is -0.371. The number of hydrogen-bond acceptors (Lipinski definition) is 6. The summed E-state index contributed by atoms with van der Waals surface area (Å²) in [5.74, 6) is 0.849. The zero-order chi connectivity index (χ0) is 23.5. The maximum atomic E-state index is 12.2. The number of hydrogen-bond donors (Lipinski definition) is 1. The number of rotatable bonds is 6. The zero-order valence-electron chi connectivity index (χ0n) is 18.9. The van der Waals surface area contributed by atoms with Crippen molar-refractivity contribution in [2.75, 3.05) is 12.4 Å². The number of carbonyl (C=O) groups is 1. The monoisotopic (exact) mass is 449 g/mol. The summed E-state index contributed by atoms with van der Waals surface area (Å²) in [4.78, 5) is 21.4. The first kappa shape index (κ1) is 21.3. The van der Waals surface area contributed by atoms with Crippen LogP contribution in [0.5, 0.6) is 0 Å². The number of ether oxygens (including phenoxy) is 1. The third-order valence-electron chi connectivity index (χ3n) is 5.60. The molecule has 0 aliphatic carbocycles. The molecule has 7 nitrogen and oxygen atoms in total. The molecule has 7 heteroatoms. The number of anilines is 1. The van der Waals surface area contributed by atoms with Gasteiger partial charge >= 0.3 is 5.97 Å². The molecule has 3 aromatic heterocycles. The van der Waals surface area contributed by atoms with Crippen LogP contribution in [0.3, 0.4) is 0 Å². The zero-order valence-corrected chi connectivity index (χ0v) is 18.9. The third-order valence-corrected chi connectivity index (χ3v) is 5.60. The predicted molar refractivity (Wildman–Crippen MR) is 131 cm³/mol. The standard InChI is InChI=1S/C27H23N5O2/c1-18-14-21(16-28-15-18)25-30-26(29-17-20-10-6-7-11-23(20)27(33)34-2)24-22(12-13-32(24)31-25)19-8-4-3-5-9-19/h3-16H,17H2,1-2H3,(H,29,30,31). The second kappa shape index (κ2) is 9.15. The maximum Gasteiger partial charge on any atom is 0.338 e. The lowest BCUT2D eigenvalue weighted by Crippen LogP contribution is -2.11. The Balaban J connectivity index is 1.62. The highest BCUT2D eigenvalue weighted by atomic mass is 16.5. The number of benzene rings is 2. The van der Waals surface area contributed by atoms with Crippen LogP contribution in [-0.2, 0) is 11.3 Å². The molecule has 0 saturated carbocycles. The van der Waals surface area contributed by atoms with Gasteiger partial charge in [-0.05, 0) is 41.8 Å². The summed E-state index contributed by atoms with van der Waals surface area (Å²) in [7, 11) is 1.38. The van der Waals surface area contributed by atoms with Crippen molar-refractivity contribution < 1.29 is 9.53 Å². The lowest BCUT2D eigenvalue weighted by Gasteiger charge is -2.13. The van der Waals surface area contributed by atoms with Gasteiger partial charge in [-0.2, -0.15) is 0 Å². The second-order valence-electron chi connectivity index (χ2n) is 7.93. The molecule has 0 saturated heterocycles. The van der Waals surface area contributed by atoms with E-state index in [1.54, 1.807) is 18.5 Å². The number of methoxy groups -OCH3 is 1. The molecule has 0 fully saturated rings.